The third-order valence-corrected chi connectivity index (χ3v) is 3.60. The number of benzene rings is 1. The summed E-state index contributed by atoms with van der Waals surface area (Å²) in [4.78, 5) is 23.9. The molecule has 0 heterocycles. The molecule has 1 atom stereocenters. The molecule has 1 unspecified atom stereocenters. The van der Waals surface area contributed by atoms with Crippen LogP contribution in [-0.2, 0) is 16.1 Å². The molecule has 0 saturated heterocycles. The van der Waals surface area contributed by atoms with E-state index in [2.05, 4.69) is 5.32 Å². The number of aryl methyl sites for hydroxylation is 1. The van der Waals surface area contributed by atoms with Gasteiger partial charge >= 0.3 is 0 Å². The van der Waals surface area contributed by atoms with Crippen molar-refractivity contribution in [1.82, 2.24) is 5.32 Å². The van der Waals surface area contributed by atoms with Gasteiger partial charge in [0.1, 0.15) is 5.82 Å². The molecule has 0 saturated carbocycles. The molecule has 0 aliphatic rings. The van der Waals surface area contributed by atoms with Crippen LogP contribution in [0.4, 0.5) is 4.39 Å². The number of hydrogen-bond acceptors (Lipinski definition) is 3. The minimum atomic E-state index is -2.02. The van der Waals surface area contributed by atoms with Crippen molar-refractivity contribution in [3.05, 3.63) is 35.1 Å². The summed E-state index contributed by atoms with van der Waals surface area (Å²) in [5.41, 5.74) is -0.696. The summed E-state index contributed by atoms with van der Waals surface area (Å²) in [5, 5.41) is 12.9. The highest BCUT2D eigenvalue weighted by Gasteiger charge is 2.40. The Morgan fingerprint density at radius 3 is 2.45 bits per heavy atom. The highest BCUT2D eigenvalue weighted by atomic mass is 19.1. The molecule has 2 N–H and O–H groups in total. The van der Waals surface area contributed by atoms with Crippen molar-refractivity contribution in [3.63, 3.8) is 0 Å². The molecule has 122 valence electrons. The van der Waals surface area contributed by atoms with Crippen molar-refractivity contribution in [2.24, 2.45) is 5.92 Å². The van der Waals surface area contributed by atoms with Crippen LogP contribution in [0.3, 0.4) is 0 Å². The molecule has 1 aromatic carbocycles. The lowest BCUT2D eigenvalue weighted by molar-refractivity contribution is -0.152. The second-order valence-electron chi connectivity index (χ2n) is 6.17. The van der Waals surface area contributed by atoms with Crippen molar-refractivity contribution < 1.29 is 19.1 Å². The number of halogens is 1. The summed E-state index contributed by atoms with van der Waals surface area (Å²) < 4.78 is 13.3. The quantitative estimate of drug-likeness (QED) is 0.761. The Bertz CT molecular complexity index is 537. The van der Waals surface area contributed by atoms with Crippen LogP contribution >= 0.6 is 0 Å². The second kappa shape index (κ2) is 7.49. The van der Waals surface area contributed by atoms with E-state index in [-0.39, 0.29) is 24.7 Å². The van der Waals surface area contributed by atoms with E-state index in [0.29, 0.717) is 12.0 Å². The minimum Gasteiger partial charge on any atom is -0.373 e. The predicted octanol–water partition coefficient (Wildman–Crippen LogP) is 2.51. The standard InChI is InChI=1S/C17H24FNO3/c1-11(2)5-6-17(22,13(4)20)16(21)19-10-14-7-12(3)8-15(18)9-14/h7-9,11,22H,5-6,10H2,1-4H3,(H,19,21). The van der Waals surface area contributed by atoms with Crippen molar-refractivity contribution in [2.45, 2.75) is 52.7 Å². The van der Waals surface area contributed by atoms with E-state index in [1.807, 2.05) is 13.8 Å². The number of rotatable bonds is 7. The Labute approximate surface area is 130 Å². The van der Waals surface area contributed by atoms with Gasteiger partial charge in [0.25, 0.3) is 5.91 Å². The monoisotopic (exact) mass is 309 g/mol. The van der Waals surface area contributed by atoms with Crippen LogP contribution in [0.15, 0.2) is 18.2 Å². The molecular formula is C17H24FNO3. The van der Waals surface area contributed by atoms with Gasteiger partial charge in [0.05, 0.1) is 0 Å². The SMILES string of the molecule is CC(=O)C(O)(CCC(C)C)C(=O)NCc1cc(C)cc(F)c1. The number of nitrogens with one attached hydrogen (secondary N) is 1. The largest absolute Gasteiger partial charge is 0.373 e. The minimum absolute atomic E-state index is 0.0642. The Morgan fingerprint density at radius 2 is 1.95 bits per heavy atom. The van der Waals surface area contributed by atoms with Crippen molar-refractivity contribution >= 4 is 11.7 Å². The maximum atomic E-state index is 13.3. The molecule has 4 nitrogen and oxygen atoms in total. The van der Waals surface area contributed by atoms with Crippen LogP contribution in [0.25, 0.3) is 0 Å². The lowest BCUT2D eigenvalue weighted by atomic mass is 9.89. The number of carbonyl (C=O) groups is 2. The number of carbonyl (C=O) groups excluding carboxylic acids is 2. The molecule has 0 fully saturated rings. The molecule has 1 amide bonds. The molecule has 0 aromatic heterocycles. The average Bonchev–Trinajstić information content (AvgIpc) is 2.40. The molecule has 0 bridgehead atoms. The highest BCUT2D eigenvalue weighted by molar-refractivity contribution is 6.08. The van der Waals surface area contributed by atoms with Gasteiger partial charge < -0.3 is 10.4 Å². The van der Waals surface area contributed by atoms with Crippen LogP contribution in [0, 0.1) is 18.7 Å². The molecular weight excluding hydrogens is 285 g/mol. The molecule has 0 aliphatic heterocycles. The molecule has 22 heavy (non-hydrogen) atoms. The normalized spacial score (nSPS) is 13.8. The van der Waals surface area contributed by atoms with Gasteiger partial charge in [-0.05, 0) is 55.9 Å². The van der Waals surface area contributed by atoms with Gasteiger partial charge in [-0.2, -0.15) is 0 Å². The van der Waals surface area contributed by atoms with Gasteiger partial charge in [-0.15, -0.1) is 0 Å². The summed E-state index contributed by atoms with van der Waals surface area (Å²) >= 11 is 0. The van der Waals surface area contributed by atoms with Gasteiger partial charge in [0.2, 0.25) is 5.60 Å². The number of hydrogen-bond donors (Lipinski definition) is 2. The highest BCUT2D eigenvalue weighted by Crippen LogP contribution is 2.19. The van der Waals surface area contributed by atoms with Crippen LogP contribution in [-0.4, -0.2) is 22.4 Å². The Balaban J connectivity index is 2.77. The lowest BCUT2D eigenvalue weighted by Crippen LogP contribution is -2.51. The van der Waals surface area contributed by atoms with Gasteiger partial charge in [0.15, 0.2) is 5.78 Å². The predicted molar refractivity (Wildman–Crippen MR) is 82.7 cm³/mol. The summed E-state index contributed by atoms with van der Waals surface area (Å²) in [5.74, 6) is -1.43. The number of Topliss-reactive ketones (excluding diaryl/α,β-unsaturated/α-hetero) is 1. The van der Waals surface area contributed by atoms with Crippen molar-refractivity contribution in [1.29, 1.82) is 0 Å². The molecule has 1 rings (SSSR count). The van der Waals surface area contributed by atoms with E-state index in [4.69, 9.17) is 0 Å². The van der Waals surface area contributed by atoms with Gasteiger partial charge in [-0.1, -0.05) is 19.9 Å². The average molecular weight is 309 g/mol. The second-order valence-corrected chi connectivity index (χ2v) is 6.17. The fraction of sp³-hybridized carbons (Fsp3) is 0.529. The first-order valence-corrected chi connectivity index (χ1v) is 7.43. The van der Waals surface area contributed by atoms with Crippen molar-refractivity contribution in [2.75, 3.05) is 0 Å². The summed E-state index contributed by atoms with van der Waals surface area (Å²) in [6, 6.07) is 4.44. The molecule has 1 aromatic rings. The molecule has 0 radical (unpaired) electrons. The van der Waals surface area contributed by atoms with Crippen LogP contribution < -0.4 is 5.32 Å². The van der Waals surface area contributed by atoms with Gasteiger partial charge in [0, 0.05) is 6.54 Å². The molecule has 0 aliphatic carbocycles. The maximum Gasteiger partial charge on any atom is 0.259 e. The zero-order valence-corrected chi connectivity index (χ0v) is 13.6. The Morgan fingerprint density at radius 1 is 1.32 bits per heavy atom. The smallest absolute Gasteiger partial charge is 0.259 e. The number of ketones is 1. The lowest BCUT2D eigenvalue weighted by Gasteiger charge is -2.25. The molecule has 5 heteroatoms. The Kier molecular flexibility index (Phi) is 6.23. The Hall–Kier alpha value is -1.75. The van der Waals surface area contributed by atoms with E-state index in [0.717, 1.165) is 5.56 Å². The fourth-order valence-electron chi connectivity index (χ4n) is 2.19. The molecule has 0 spiro atoms. The summed E-state index contributed by atoms with van der Waals surface area (Å²) in [6.45, 7) is 6.92. The van der Waals surface area contributed by atoms with E-state index < -0.39 is 17.3 Å². The summed E-state index contributed by atoms with van der Waals surface area (Å²) in [6.07, 6.45) is 0.636. The van der Waals surface area contributed by atoms with Gasteiger partial charge in [-0.25, -0.2) is 4.39 Å². The first-order chi connectivity index (χ1) is 10.1. The summed E-state index contributed by atoms with van der Waals surface area (Å²) in [7, 11) is 0. The van der Waals surface area contributed by atoms with Crippen LogP contribution in [0.1, 0.15) is 44.7 Å². The topological polar surface area (TPSA) is 66.4 Å². The van der Waals surface area contributed by atoms with Crippen LogP contribution in [0.2, 0.25) is 0 Å². The third kappa shape index (κ3) is 4.91. The first-order valence-electron chi connectivity index (χ1n) is 7.43. The van der Waals surface area contributed by atoms with E-state index >= 15 is 0 Å². The third-order valence-electron chi connectivity index (χ3n) is 3.60. The fourth-order valence-corrected chi connectivity index (χ4v) is 2.19. The first kappa shape index (κ1) is 18.3. The van der Waals surface area contributed by atoms with Crippen LogP contribution in [0.5, 0.6) is 0 Å². The zero-order chi connectivity index (χ0) is 16.9. The van der Waals surface area contributed by atoms with Gasteiger partial charge in [-0.3, -0.25) is 9.59 Å². The number of aliphatic hydroxyl groups is 1. The maximum absolute atomic E-state index is 13.3. The van der Waals surface area contributed by atoms with E-state index in [9.17, 15) is 19.1 Å². The van der Waals surface area contributed by atoms with E-state index in [1.165, 1.54) is 19.1 Å². The number of amides is 1. The van der Waals surface area contributed by atoms with Crippen molar-refractivity contribution in [3.8, 4) is 0 Å². The zero-order valence-electron chi connectivity index (χ0n) is 13.6. The van der Waals surface area contributed by atoms with E-state index in [1.54, 1.807) is 13.0 Å².